The summed E-state index contributed by atoms with van der Waals surface area (Å²) in [4.78, 5) is 31.8. The van der Waals surface area contributed by atoms with Crippen molar-refractivity contribution in [2.45, 2.75) is 31.4 Å². The van der Waals surface area contributed by atoms with Gasteiger partial charge in [-0.1, -0.05) is 0 Å². The minimum atomic E-state index is -0.763. The molecule has 1 saturated carbocycles. The molecule has 1 aliphatic heterocycles. The molecule has 0 bridgehead atoms. The van der Waals surface area contributed by atoms with Crippen LogP contribution in [0, 0.1) is 5.92 Å². The maximum absolute atomic E-state index is 12.5. The van der Waals surface area contributed by atoms with Crippen LogP contribution < -0.4 is 20.1 Å². The van der Waals surface area contributed by atoms with Crippen LogP contribution in [0.1, 0.15) is 28.9 Å². The van der Waals surface area contributed by atoms with Crippen molar-refractivity contribution in [3.8, 4) is 11.5 Å². The van der Waals surface area contributed by atoms with Gasteiger partial charge in [-0.2, -0.15) is 0 Å². The van der Waals surface area contributed by atoms with Crippen molar-refractivity contribution >= 4 is 11.8 Å². The number of hydrogen-bond acceptors (Lipinski definition) is 6. The maximum atomic E-state index is 12.5. The first-order valence-corrected chi connectivity index (χ1v) is 9.23. The Morgan fingerprint density at radius 1 is 1.25 bits per heavy atom. The summed E-state index contributed by atoms with van der Waals surface area (Å²) in [7, 11) is 0. The van der Waals surface area contributed by atoms with Gasteiger partial charge in [0.15, 0.2) is 11.5 Å². The molecule has 2 heterocycles. The van der Waals surface area contributed by atoms with Crippen molar-refractivity contribution in [3.63, 3.8) is 0 Å². The molecular weight excluding hydrogens is 364 g/mol. The van der Waals surface area contributed by atoms with Gasteiger partial charge in [0.25, 0.3) is 5.91 Å². The lowest BCUT2D eigenvalue weighted by atomic mass is 10.1. The van der Waals surface area contributed by atoms with Crippen LogP contribution in [-0.4, -0.2) is 52.4 Å². The Labute approximate surface area is 161 Å². The smallest absolute Gasteiger partial charge is 0.251 e. The summed E-state index contributed by atoms with van der Waals surface area (Å²) < 4.78 is 10.5. The number of nitrogens with one attached hydrogen (secondary N) is 3. The van der Waals surface area contributed by atoms with E-state index in [4.69, 9.17) is 9.47 Å². The van der Waals surface area contributed by atoms with Gasteiger partial charge >= 0.3 is 0 Å². The second kappa shape index (κ2) is 7.89. The number of aromatic amines is 1. The van der Waals surface area contributed by atoms with Crippen LogP contribution in [0.5, 0.6) is 11.5 Å². The third kappa shape index (κ3) is 3.94. The van der Waals surface area contributed by atoms with Gasteiger partial charge in [0.05, 0.1) is 18.5 Å². The van der Waals surface area contributed by atoms with E-state index in [1.54, 1.807) is 30.7 Å². The molecule has 0 saturated heterocycles. The fourth-order valence-corrected chi connectivity index (χ4v) is 3.56. The third-order valence-corrected chi connectivity index (χ3v) is 5.10. The molecule has 0 spiro atoms. The average Bonchev–Trinajstić information content (AvgIpc) is 3.42. The Morgan fingerprint density at radius 3 is 2.93 bits per heavy atom. The lowest BCUT2D eigenvalue weighted by Gasteiger charge is -2.16. The van der Waals surface area contributed by atoms with E-state index in [1.165, 1.54) is 0 Å². The number of carbonyl (C=O) groups excluding carboxylic acids is 2. The first-order valence-electron chi connectivity index (χ1n) is 9.23. The van der Waals surface area contributed by atoms with Crippen molar-refractivity contribution < 1.29 is 24.2 Å². The Morgan fingerprint density at radius 2 is 2.11 bits per heavy atom. The predicted molar refractivity (Wildman–Crippen MR) is 97.9 cm³/mol. The van der Waals surface area contributed by atoms with Crippen molar-refractivity contribution in [2.75, 3.05) is 13.3 Å². The number of carbonyl (C=O) groups is 2. The number of rotatable bonds is 6. The summed E-state index contributed by atoms with van der Waals surface area (Å²) in [5.41, 5.74) is 1.37. The second-order valence-corrected chi connectivity index (χ2v) is 7.00. The largest absolute Gasteiger partial charge is 0.454 e. The minimum Gasteiger partial charge on any atom is -0.454 e. The molecule has 0 unspecified atom stereocenters. The molecule has 4 N–H and O–H groups in total. The third-order valence-electron chi connectivity index (χ3n) is 5.10. The Balaban J connectivity index is 1.28. The lowest BCUT2D eigenvalue weighted by molar-refractivity contribution is -0.125. The number of amides is 2. The number of ether oxygens (including phenoxy) is 2. The highest BCUT2D eigenvalue weighted by Crippen LogP contribution is 2.33. The van der Waals surface area contributed by atoms with Crippen molar-refractivity contribution in [1.82, 2.24) is 20.6 Å². The molecule has 9 nitrogen and oxygen atoms in total. The fraction of sp³-hybridized carbons (Fsp3) is 0.421. The quantitative estimate of drug-likeness (QED) is 0.568. The highest BCUT2D eigenvalue weighted by molar-refractivity contribution is 5.95. The summed E-state index contributed by atoms with van der Waals surface area (Å²) in [6.07, 6.45) is 3.92. The van der Waals surface area contributed by atoms with Crippen molar-refractivity contribution in [3.05, 3.63) is 42.0 Å². The molecule has 1 aromatic carbocycles. The highest BCUT2D eigenvalue weighted by Gasteiger charge is 2.37. The molecule has 3 atom stereocenters. The Kier molecular flexibility index (Phi) is 5.16. The van der Waals surface area contributed by atoms with Gasteiger partial charge in [0, 0.05) is 36.3 Å². The molecule has 28 heavy (non-hydrogen) atoms. The number of nitrogens with zero attached hydrogens (tertiary/aromatic N) is 1. The van der Waals surface area contributed by atoms with Gasteiger partial charge < -0.3 is 30.2 Å². The minimum absolute atomic E-state index is 0.113. The highest BCUT2D eigenvalue weighted by atomic mass is 16.7. The van der Waals surface area contributed by atoms with Crippen LogP contribution in [0.4, 0.5) is 0 Å². The number of benzene rings is 1. The second-order valence-electron chi connectivity index (χ2n) is 7.00. The maximum Gasteiger partial charge on any atom is 0.251 e. The number of fused-ring (bicyclic) bond motifs is 1. The van der Waals surface area contributed by atoms with Crippen LogP contribution in [0.25, 0.3) is 0 Å². The van der Waals surface area contributed by atoms with Gasteiger partial charge in [0.1, 0.15) is 0 Å². The van der Waals surface area contributed by atoms with Crippen LogP contribution in [0.15, 0.2) is 30.7 Å². The van der Waals surface area contributed by atoms with Crippen molar-refractivity contribution in [2.24, 2.45) is 5.92 Å². The molecule has 1 aromatic heterocycles. The fourth-order valence-electron chi connectivity index (χ4n) is 3.56. The van der Waals surface area contributed by atoms with Crippen LogP contribution in [-0.2, 0) is 11.2 Å². The summed E-state index contributed by atoms with van der Waals surface area (Å²) in [6, 6.07) is 4.46. The molecule has 9 heteroatoms. The first kappa shape index (κ1) is 18.3. The average molecular weight is 386 g/mol. The number of hydrogen-bond donors (Lipinski definition) is 4. The van der Waals surface area contributed by atoms with E-state index in [-0.39, 0.29) is 24.5 Å². The van der Waals surface area contributed by atoms with Crippen molar-refractivity contribution in [1.29, 1.82) is 0 Å². The molecule has 2 aromatic rings. The number of aromatic nitrogens is 2. The monoisotopic (exact) mass is 386 g/mol. The standard InChI is InChI=1S/C19H22N4O5/c24-15-6-12(18(25)21-4-3-13-8-20-9-22-13)5-14(15)23-19(26)11-1-2-16-17(7-11)28-10-27-16/h1-2,7-9,12,14-15,24H,3-6,10H2,(H,20,22)(H,21,25)(H,23,26)/t12-,14-,15-/m0/s1. The first-order chi connectivity index (χ1) is 13.6. The van der Waals surface area contributed by atoms with E-state index in [1.807, 2.05) is 0 Å². The van der Waals surface area contributed by atoms with Crippen LogP contribution in [0.3, 0.4) is 0 Å². The zero-order chi connectivity index (χ0) is 19.5. The molecule has 4 rings (SSSR count). The Hall–Kier alpha value is -3.07. The van der Waals surface area contributed by atoms with E-state index < -0.39 is 12.1 Å². The summed E-state index contributed by atoms with van der Waals surface area (Å²) >= 11 is 0. The molecule has 2 aliphatic rings. The SMILES string of the molecule is O=C(N[C@H]1C[C@H](C(=O)NCCc2cnc[nH]2)C[C@@H]1O)c1ccc2c(c1)OCO2. The van der Waals surface area contributed by atoms with Gasteiger partial charge in [-0.3, -0.25) is 9.59 Å². The van der Waals surface area contributed by atoms with E-state index >= 15 is 0 Å². The molecule has 1 aliphatic carbocycles. The molecule has 2 amide bonds. The number of aliphatic hydroxyl groups is 1. The normalized spacial score (nSPS) is 22.8. The number of aliphatic hydroxyl groups excluding tert-OH is 1. The summed E-state index contributed by atoms with van der Waals surface area (Å²) in [6.45, 7) is 0.626. The van der Waals surface area contributed by atoms with Crippen LogP contribution in [0.2, 0.25) is 0 Å². The van der Waals surface area contributed by atoms with Gasteiger partial charge in [-0.05, 0) is 31.0 Å². The van der Waals surface area contributed by atoms with Gasteiger partial charge in [-0.25, -0.2) is 4.98 Å². The number of imidazole rings is 1. The van der Waals surface area contributed by atoms with Gasteiger partial charge in [-0.15, -0.1) is 0 Å². The summed E-state index contributed by atoms with van der Waals surface area (Å²) in [5.74, 6) is 0.360. The van der Waals surface area contributed by atoms with E-state index in [9.17, 15) is 14.7 Å². The van der Waals surface area contributed by atoms with Crippen LogP contribution >= 0.6 is 0 Å². The zero-order valence-corrected chi connectivity index (χ0v) is 15.2. The Bertz CT molecular complexity index is 854. The molecular formula is C19H22N4O5. The zero-order valence-electron chi connectivity index (χ0n) is 15.2. The molecule has 0 radical (unpaired) electrons. The number of H-pyrrole nitrogens is 1. The molecule has 148 valence electrons. The van der Waals surface area contributed by atoms with E-state index in [0.29, 0.717) is 42.9 Å². The lowest BCUT2D eigenvalue weighted by Crippen LogP contribution is -2.40. The summed E-state index contributed by atoms with van der Waals surface area (Å²) in [5, 5.41) is 16.0. The molecule has 1 fully saturated rings. The predicted octanol–water partition coefficient (Wildman–Crippen LogP) is 0.367. The topological polar surface area (TPSA) is 126 Å². The van der Waals surface area contributed by atoms with E-state index in [0.717, 1.165) is 5.69 Å². The van der Waals surface area contributed by atoms with E-state index in [2.05, 4.69) is 20.6 Å². The van der Waals surface area contributed by atoms with Gasteiger partial charge in [0.2, 0.25) is 12.7 Å².